The molecule has 0 bridgehead atoms. The SMILES string of the molecule is CCCC1(C)CCCN(C(=NC)NCCc2cn3ccccc3n2)C1.I. The molecular weight excluding hydrogens is 437 g/mol. The van der Waals surface area contributed by atoms with Gasteiger partial charge in [0.15, 0.2) is 5.96 Å². The normalized spacial score (nSPS) is 20.9. The van der Waals surface area contributed by atoms with Gasteiger partial charge in [-0.15, -0.1) is 24.0 Å². The summed E-state index contributed by atoms with van der Waals surface area (Å²) >= 11 is 0. The molecule has 5 nitrogen and oxygen atoms in total. The maximum Gasteiger partial charge on any atom is 0.193 e. The van der Waals surface area contributed by atoms with Crippen LogP contribution in [0.3, 0.4) is 0 Å². The Bertz CT molecular complexity index is 689. The number of pyridine rings is 1. The van der Waals surface area contributed by atoms with Crippen molar-refractivity contribution in [3.63, 3.8) is 0 Å². The van der Waals surface area contributed by atoms with Crippen LogP contribution in [-0.2, 0) is 6.42 Å². The molecule has 1 unspecified atom stereocenters. The van der Waals surface area contributed by atoms with Crippen molar-refractivity contribution in [3.05, 3.63) is 36.3 Å². The van der Waals surface area contributed by atoms with Crippen LogP contribution in [0, 0.1) is 5.41 Å². The van der Waals surface area contributed by atoms with Crippen LogP contribution in [0.25, 0.3) is 5.65 Å². The van der Waals surface area contributed by atoms with E-state index in [1.165, 1.54) is 25.7 Å². The number of aliphatic imine (C=N–C) groups is 1. The molecule has 2 aromatic rings. The minimum atomic E-state index is 0. The fourth-order valence-corrected chi connectivity index (χ4v) is 4.05. The van der Waals surface area contributed by atoms with Gasteiger partial charge < -0.3 is 14.6 Å². The Kier molecular flexibility index (Phi) is 7.73. The van der Waals surface area contributed by atoms with Crippen molar-refractivity contribution >= 4 is 35.6 Å². The van der Waals surface area contributed by atoms with Gasteiger partial charge in [-0.25, -0.2) is 4.98 Å². The number of imidazole rings is 1. The Morgan fingerprint density at radius 3 is 2.96 bits per heavy atom. The summed E-state index contributed by atoms with van der Waals surface area (Å²) in [5.41, 5.74) is 2.54. The molecule has 0 aromatic carbocycles. The Hall–Kier alpha value is -1.31. The Morgan fingerprint density at radius 1 is 1.38 bits per heavy atom. The number of guanidine groups is 1. The molecule has 0 saturated carbocycles. The molecule has 2 aromatic heterocycles. The molecule has 1 aliphatic heterocycles. The van der Waals surface area contributed by atoms with Crippen LogP contribution in [0.15, 0.2) is 35.6 Å². The molecule has 26 heavy (non-hydrogen) atoms. The Balaban J connectivity index is 0.00000243. The average molecular weight is 469 g/mol. The fourth-order valence-electron chi connectivity index (χ4n) is 4.05. The van der Waals surface area contributed by atoms with Crippen LogP contribution >= 0.6 is 24.0 Å². The van der Waals surface area contributed by atoms with Crippen molar-refractivity contribution in [2.45, 2.75) is 46.0 Å². The van der Waals surface area contributed by atoms with Crippen molar-refractivity contribution in [3.8, 4) is 0 Å². The number of nitrogens with one attached hydrogen (secondary N) is 1. The van der Waals surface area contributed by atoms with E-state index in [1.54, 1.807) is 0 Å². The lowest BCUT2D eigenvalue weighted by molar-refractivity contribution is 0.142. The summed E-state index contributed by atoms with van der Waals surface area (Å²) in [5, 5.41) is 3.54. The number of hydrogen-bond donors (Lipinski definition) is 1. The molecule has 1 N–H and O–H groups in total. The van der Waals surface area contributed by atoms with Gasteiger partial charge >= 0.3 is 0 Å². The van der Waals surface area contributed by atoms with Crippen LogP contribution < -0.4 is 5.32 Å². The highest BCUT2D eigenvalue weighted by Crippen LogP contribution is 2.33. The van der Waals surface area contributed by atoms with Crippen molar-refractivity contribution in [2.75, 3.05) is 26.7 Å². The van der Waals surface area contributed by atoms with Crippen molar-refractivity contribution in [1.29, 1.82) is 0 Å². The number of nitrogens with zero attached hydrogens (tertiary/aromatic N) is 4. The lowest BCUT2D eigenvalue weighted by atomic mass is 9.78. The van der Waals surface area contributed by atoms with Crippen LogP contribution in [0.5, 0.6) is 0 Å². The van der Waals surface area contributed by atoms with Gasteiger partial charge in [-0.05, 0) is 36.8 Å². The first-order chi connectivity index (χ1) is 12.1. The van der Waals surface area contributed by atoms with Gasteiger partial charge in [0.05, 0.1) is 5.69 Å². The zero-order valence-electron chi connectivity index (χ0n) is 16.2. The summed E-state index contributed by atoms with van der Waals surface area (Å²) in [6.07, 6.45) is 10.2. The first-order valence-corrected chi connectivity index (χ1v) is 9.52. The second-order valence-corrected chi connectivity index (χ2v) is 7.51. The predicted molar refractivity (Wildman–Crippen MR) is 119 cm³/mol. The third-order valence-corrected chi connectivity index (χ3v) is 5.22. The standard InChI is InChI=1S/C20H31N5.HI/c1-4-10-20(2)11-7-14-25(16-20)19(21-3)22-12-9-17-15-24-13-6-5-8-18(24)23-17;/h5-6,8,13,15H,4,7,9-12,14,16H2,1-3H3,(H,21,22);1H. The van der Waals surface area contributed by atoms with E-state index < -0.39 is 0 Å². The van der Waals surface area contributed by atoms with Gasteiger partial charge in [-0.1, -0.05) is 26.3 Å². The zero-order valence-corrected chi connectivity index (χ0v) is 18.6. The van der Waals surface area contributed by atoms with Crippen LogP contribution in [-0.4, -0.2) is 46.9 Å². The zero-order chi connectivity index (χ0) is 17.7. The van der Waals surface area contributed by atoms with Gasteiger partial charge in [-0.2, -0.15) is 0 Å². The first-order valence-electron chi connectivity index (χ1n) is 9.52. The van der Waals surface area contributed by atoms with Gasteiger partial charge in [0, 0.05) is 45.5 Å². The van der Waals surface area contributed by atoms with E-state index in [4.69, 9.17) is 0 Å². The van der Waals surface area contributed by atoms with E-state index in [1.807, 2.05) is 31.4 Å². The lowest BCUT2D eigenvalue weighted by Gasteiger charge is -2.42. The summed E-state index contributed by atoms with van der Waals surface area (Å²) < 4.78 is 2.07. The number of likely N-dealkylation sites (tertiary alicyclic amines) is 1. The predicted octanol–water partition coefficient (Wildman–Crippen LogP) is 3.97. The molecule has 6 heteroatoms. The summed E-state index contributed by atoms with van der Waals surface area (Å²) in [6.45, 7) is 7.78. The lowest BCUT2D eigenvalue weighted by Crippen LogP contribution is -2.50. The number of halogens is 1. The van der Waals surface area contributed by atoms with Gasteiger partial charge in [0.1, 0.15) is 5.65 Å². The summed E-state index contributed by atoms with van der Waals surface area (Å²) in [6, 6.07) is 6.09. The first kappa shape index (κ1) is 21.0. The smallest absolute Gasteiger partial charge is 0.193 e. The molecule has 0 spiro atoms. The molecule has 1 saturated heterocycles. The summed E-state index contributed by atoms with van der Waals surface area (Å²) in [4.78, 5) is 11.6. The van der Waals surface area contributed by atoms with E-state index in [0.717, 1.165) is 43.4 Å². The van der Waals surface area contributed by atoms with Gasteiger partial charge in [0.2, 0.25) is 0 Å². The second-order valence-electron chi connectivity index (χ2n) is 7.51. The molecule has 1 fully saturated rings. The van der Waals surface area contributed by atoms with E-state index in [0.29, 0.717) is 5.41 Å². The van der Waals surface area contributed by atoms with Crippen LogP contribution in [0.4, 0.5) is 0 Å². The molecule has 0 amide bonds. The number of hydrogen-bond acceptors (Lipinski definition) is 2. The maximum atomic E-state index is 4.66. The molecule has 3 rings (SSSR count). The third-order valence-electron chi connectivity index (χ3n) is 5.22. The van der Waals surface area contributed by atoms with E-state index in [9.17, 15) is 0 Å². The third kappa shape index (κ3) is 5.11. The molecular formula is C20H32IN5. The minimum Gasteiger partial charge on any atom is -0.356 e. The number of fused-ring (bicyclic) bond motifs is 1. The van der Waals surface area contributed by atoms with Crippen molar-refractivity contribution in [2.24, 2.45) is 10.4 Å². The molecule has 0 aliphatic carbocycles. The van der Waals surface area contributed by atoms with E-state index >= 15 is 0 Å². The van der Waals surface area contributed by atoms with Crippen LogP contribution in [0.2, 0.25) is 0 Å². The number of rotatable bonds is 5. The monoisotopic (exact) mass is 469 g/mol. The molecule has 0 radical (unpaired) electrons. The maximum absolute atomic E-state index is 4.66. The van der Waals surface area contributed by atoms with Crippen LogP contribution in [0.1, 0.15) is 45.2 Å². The van der Waals surface area contributed by atoms with Crippen molar-refractivity contribution in [1.82, 2.24) is 19.6 Å². The topological polar surface area (TPSA) is 44.9 Å². The van der Waals surface area contributed by atoms with Crippen molar-refractivity contribution < 1.29 is 0 Å². The highest BCUT2D eigenvalue weighted by Gasteiger charge is 2.31. The Labute approximate surface area is 174 Å². The number of aromatic nitrogens is 2. The largest absolute Gasteiger partial charge is 0.356 e. The molecule has 3 heterocycles. The average Bonchev–Trinajstić information content (AvgIpc) is 3.01. The Morgan fingerprint density at radius 2 is 2.23 bits per heavy atom. The molecule has 1 aliphatic rings. The van der Waals surface area contributed by atoms with E-state index in [2.05, 4.69) is 44.6 Å². The van der Waals surface area contributed by atoms with Gasteiger partial charge in [-0.3, -0.25) is 4.99 Å². The highest BCUT2D eigenvalue weighted by atomic mass is 127. The second kappa shape index (κ2) is 9.58. The quantitative estimate of drug-likeness (QED) is 0.410. The minimum absolute atomic E-state index is 0. The molecule has 144 valence electrons. The highest BCUT2D eigenvalue weighted by molar-refractivity contribution is 14.0. The fraction of sp³-hybridized carbons (Fsp3) is 0.600. The summed E-state index contributed by atoms with van der Waals surface area (Å²) in [5.74, 6) is 1.03. The van der Waals surface area contributed by atoms with E-state index in [-0.39, 0.29) is 24.0 Å². The van der Waals surface area contributed by atoms with Gasteiger partial charge in [0.25, 0.3) is 0 Å². The summed E-state index contributed by atoms with van der Waals surface area (Å²) in [7, 11) is 1.89. The number of piperidine rings is 1. The molecule has 1 atom stereocenters.